The molecule has 0 fully saturated rings. The van der Waals surface area contributed by atoms with E-state index in [4.69, 9.17) is 4.99 Å². The van der Waals surface area contributed by atoms with E-state index < -0.39 is 0 Å². The highest BCUT2D eigenvalue weighted by Gasteiger charge is 2.19. The lowest BCUT2D eigenvalue weighted by Gasteiger charge is -2.07. The SMILES string of the molecule is CSc1cccc(NC2=NC(CC(C)C)CS2)c1. The van der Waals surface area contributed by atoms with E-state index in [-0.39, 0.29) is 0 Å². The maximum absolute atomic E-state index is 4.74. The summed E-state index contributed by atoms with van der Waals surface area (Å²) in [5.41, 5.74) is 1.14. The Bertz CT molecular complexity index is 430. The lowest BCUT2D eigenvalue weighted by Crippen LogP contribution is -2.08. The smallest absolute Gasteiger partial charge is 0.161 e. The van der Waals surface area contributed by atoms with Crippen LogP contribution in [0.1, 0.15) is 20.3 Å². The first-order valence-electron chi connectivity index (χ1n) is 6.29. The van der Waals surface area contributed by atoms with Crippen molar-refractivity contribution in [1.82, 2.24) is 0 Å². The Morgan fingerprint density at radius 3 is 3.06 bits per heavy atom. The van der Waals surface area contributed by atoms with Crippen LogP contribution in [0.5, 0.6) is 0 Å². The molecule has 1 unspecified atom stereocenters. The van der Waals surface area contributed by atoms with Gasteiger partial charge in [0.15, 0.2) is 5.17 Å². The minimum atomic E-state index is 0.487. The number of nitrogens with zero attached hydrogens (tertiary/aromatic N) is 1. The third kappa shape index (κ3) is 3.95. The number of hydrogen-bond donors (Lipinski definition) is 1. The fourth-order valence-electron chi connectivity index (χ4n) is 1.97. The van der Waals surface area contributed by atoms with Crippen LogP contribution >= 0.6 is 23.5 Å². The van der Waals surface area contributed by atoms with Crippen LogP contribution in [0.15, 0.2) is 34.2 Å². The average molecular weight is 280 g/mol. The monoisotopic (exact) mass is 280 g/mol. The number of benzene rings is 1. The Kier molecular flexibility index (Phi) is 5.01. The summed E-state index contributed by atoms with van der Waals surface area (Å²) < 4.78 is 0. The molecule has 4 heteroatoms. The highest BCUT2D eigenvalue weighted by molar-refractivity contribution is 8.14. The summed E-state index contributed by atoms with van der Waals surface area (Å²) in [5, 5.41) is 4.49. The molecule has 1 aromatic rings. The van der Waals surface area contributed by atoms with Crippen molar-refractivity contribution in [3.8, 4) is 0 Å². The lowest BCUT2D eigenvalue weighted by molar-refractivity contribution is 0.529. The number of amidine groups is 1. The van der Waals surface area contributed by atoms with Gasteiger partial charge in [-0.15, -0.1) is 11.8 Å². The molecule has 18 heavy (non-hydrogen) atoms. The van der Waals surface area contributed by atoms with E-state index in [1.165, 1.54) is 11.3 Å². The topological polar surface area (TPSA) is 24.4 Å². The second-order valence-electron chi connectivity index (χ2n) is 4.89. The molecule has 2 rings (SSSR count). The fraction of sp³-hybridized carbons (Fsp3) is 0.500. The Balaban J connectivity index is 1.97. The van der Waals surface area contributed by atoms with Crippen LogP contribution in [0.3, 0.4) is 0 Å². The van der Waals surface area contributed by atoms with E-state index >= 15 is 0 Å². The summed E-state index contributed by atoms with van der Waals surface area (Å²) in [6.07, 6.45) is 3.28. The predicted octanol–water partition coefficient (Wildman–Crippen LogP) is 4.34. The zero-order valence-electron chi connectivity index (χ0n) is 11.1. The molecule has 0 saturated carbocycles. The van der Waals surface area contributed by atoms with Gasteiger partial charge in [0, 0.05) is 16.3 Å². The quantitative estimate of drug-likeness (QED) is 0.830. The third-order valence-electron chi connectivity index (χ3n) is 2.78. The summed E-state index contributed by atoms with van der Waals surface area (Å²) >= 11 is 3.60. The molecule has 1 aromatic carbocycles. The minimum Gasteiger partial charge on any atom is -0.335 e. The lowest BCUT2D eigenvalue weighted by atomic mass is 10.1. The summed E-state index contributed by atoms with van der Waals surface area (Å²) in [6, 6.07) is 8.96. The molecule has 1 atom stereocenters. The van der Waals surface area contributed by atoms with Gasteiger partial charge in [0.2, 0.25) is 0 Å². The molecular weight excluding hydrogens is 260 g/mol. The van der Waals surface area contributed by atoms with Gasteiger partial charge in [-0.2, -0.15) is 0 Å². The second kappa shape index (κ2) is 6.53. The van der Waals surface area contributed by atoms with Crippen LogP contribution in [0.2, 0.25) is 0 Å². The molecular formula is C14H20N2S2. The number of hydrogen-bond acceptors (Lipinski definition) is 4. The maximum atomic E-state index is 4.74. The van der Waals surface area contributed by atoms with Gasteiger partial charge >= 0.3 is 0 Å². The first-order chi connectivity index (χ1) is 8.67. The zero-order chi connectivity index (χ0) is 13.0. The van der Waals surface area contributed by atoms with E-state index in [1.807, 2.05) is 11.8 Å². The van der Waals surface area contributed by atoms with Crippen molar-refractivity contribution in [3.05, 3.63) is 24.3 Å². The number of nitrogens with one attached hydrogen (secondary N) is 1. The second-order valence-corrected chi connectivity index (χ2v) is 6.77. The van der Waals surface area contributed by atoms with Gasteiger partial charge in [0.25, 0.3) is 0 Å². The van der Waals surface area contributed by atoms with Crippen LogP contribution in [-0.4, -0.2) is 23.2 Å². The molecule has 0 aromatic heterocycles. The van der Waals surface area contributed by atoms with Gasteiger partial charge < -0.3 is 5.32 Å². The standard InChI is InChI=1S/C14H20N2S2/c1-10(2)7-12-9-18-14(16-12)15-11-5-4-6-13(8-11)17-3/h4-6,8,10,12H,7,9H2,1-3H3,(H,15,16). The Morgan fingerprint density at radius 2 is 2.33 bits per heavy atom. The van der Waals surface area contributed by atoms with Crippen molar-refractivity contribution >= 4 is 34.4 Å². The van der Waals surface area contributed by atoms with E-state index in [0.29, 0.717) is 6.04 Å². The first kappa shape index (κ1) is 13.8. The molecule has 0 bridgehead atoms. The molecule has 2 nitrogen and oxygen atoms in total. The van der Waals surface area contributed by atoms with Crippen LogP contribution in [0.4, 0.5) is 5.69 Å². The summed E-state index contributed by atoms with van der Waals surface area (Å²) in [4.78, 5) is 6.02. The highest BCUT2D eigenvalue weighted by atomic mass is 32.2. The molecule has 0 aliphatic carbocycles. The Labute approximate surface area is 118 Å². The zero-order valence-corrected chi connectivity index (χ0v) is 12.8. The molecule has 0 radical (unpaired) electrons. The van der Waals surface area contributed by atoms with Crippen molar-refractivity contribution in [3.63, 3.8) is 0 Å². The van der Waals surface area contributed by atoms with Crippen molar-refractivity contribution in [1.29, 1.82) is 0 Å². The molecule has 98 valence electrons. The fourth-order valence-corrected chi connectivity index (χ4v) is 3.41. The summed E-state index contributed by atoms with van der Waals surface area (Å²) in [6.45, 7) is 4.51. The normalized spacial score (nSPS) is 19.1. The van der Waals surface area contributed by atoms with Crippen molar-refractivity contribution in [2.24, 2.45) is 10.9 Å². The Morgan fingerprint density at radius 1 is 1.50 bits per heavy atom. The average Bonchev–Trinajstić information content (AvgIpc) is 2.76. The van der Waals surface area contributed by atoms with Crippen molar-refractivity contribution in [2.75, 3.05) is 17.3 Å². The summed E-state index contributed by atoms with van der Waals surface area (Å²) in [5.74, 6) is 1.83. The molecule has 1 aliphatic heterocycles. The van der Waals surface area contributed by atoms with Gasteiger partial charge in [-0.3, -0.25) is 4.99 Å². The first-order valence-corrected chi connectivity index (χ1v) is 8.50. The predicted molar refractivity (Wildman–Crippen MR) is 85.0 cm³/mol. The van der Waals surface area contributed by atoms with Gasteiger partial charge in [-0.25, -0.2) is 0 Å². The van der Waals surface area contributed by atoms with E-state index in [9.17, 15) is 0 Å². The van der Waals surface area contributed by atoms with Gasteiger partial charge in [-0.1, -0.05) is 31.7 Å². The van der Waals surface area contributed by atoms with Crippen LogP contribution in [0.25, 0.3) is 0 Å². The minimum absolute atomic E-state index is 0.487. The van der Waals surface area contributed by atoms with Crippen LogP contribution < -0.4 is 5.32 Å². The molecule has 0 saturated heterocycles. The molecule has 1 heterocycles. The van der Waals surface area contributed by atoms with Gasteiger partial charge in [-0.05, 0) is 36.8 Å². The molecule has 1 aliphatic rings. The number of anilines is 1. The molecule has 1 N–H and O–H groups in total. The number of thioether (sulfide) groups is 2. The number of rotatable bonds is 4. The van der Waals surface area contributed by atoms with Crippen LogP contribution in [0, 0.1) is 5.92 Å². The van der Waals surface area contributed by atoms with Gasteiger partial charge in [0.1, 0.15) is 0 Å². The highest BCUT2D eigenvalue weighted by Crippen LogP contribution is 2.25. The molecule has 0 spiro atoms. The number of aliphatic imine (C=N–C) groups is 1. The van der Waals surface area contributed by atoms with Gasteiger partial charge in [0.05, 0.1) is 6.04 Å². The van der Waals surface area contributed by atoms with Crippen molar-refractivity contribution in [2.45, 2.75) is 31.2 Å². The maximum Gasteiger partial charge on any atom is 0.161 e. The van der Waals surface area contributed by atoms with E-state index in [0.717, 1.165) is 22.5 Å². The largest absolute Gasteiger partial charge is 0.335 e. The van der Waals surface area contributed by atoms with E-state index in [2.05, 4.69) is 49.7 Å². The third-order valence-corrected chi connectivity index (χ3v) is 4.53. The summed E-state index contributed by atoms with van der Waals surface area (Å²) in [7, 11) is 0. The van der Waals surface area contributed by atoms with E-state index in [1.54, 1.807) is 11.8 Å². The Hall–Kier alpha value is -0.610. The van der Waals surface area contributed by atoms with Crippen molar-refractivity contribution < 1.29 is 0 Å². The van der Waals surface area contributed by atoms with Crippen LogP contribution in [-0.2, 0) is 0 Å². The molecule has 0 amide bonds.